The van der Waals surface area contributed by atoms with Crippen molar-refractivity contribution in [2.45, 2.75) is 33.1 Å². The third-order valence-corrected chi connectivity index (χ3v) is 6.25. The van der Waals surface area contributed by atoms with Crippen LogP contribution in [-0.4, -0.2) is 16.1 Å². The predicted octanol–water partition coefficient (Wildman–Crippen LogP) is 5.89. The number of carboxylic acid groups (broad SMARTS) is 1. The van der Waals surface area contributed by atoms with E-state index >= 15 is 0 Å². The number of allylic oxidation sites excluding steroid dienone is 3. The van der Waals surface area contributed by atoms with E-state index in [4.69, 9.17) is 4.98 Å². The molecule has 1 aliphatic rings. The van der Waals surface area contributed by atoms with Gasteiger partial charge in [0.1, 0.15) is 4.83 Å². The lowest BCUT2D eigenvalue weighted by Crippen LogP contribution is -2.12. The summed E-state index contributed by atoms with van der Waals surface area (Å²) in [6.07, 6.45) is 9.22. The molecule has 3 nitrogen and oxygen atoms in total. The zero-order chi connectivity index (χ0) is 19.1. The van der Waals surface area contributed by atoms with Crippen LogP contribution in [0.5, 0.6) is 0 Å². The monoisotopic (exact) mass is 375 g/mol. The summed E-state index contributed by atoms with van der Waals surface area (Å²) in [5.74, 6) is -1.45. The van der Waals surface area contributed by atoms with E-state index in [9.17, 15) is 9.90 Å². The summed E-state index contributed by atoms with van der Waals surface area (Å²) < 4.78 is 0. The van der Waals surface area contributed by atoms with Crippen LogP contribution in [0.2, 0.25) is 0 Å². The van der Waals surface area contributed by atoms with Crippen molar-refractivity contribution in [3.8, 4) is 11.1 Å². The highest BCUT2D eigenvalue weighted by Crippen LogP contribution is 2.43. The van der Waals surface area contributed by atoms with E-state index in [1.807, 2.05) is 6.92 Å². The molecule has 1 N–H and O–H groups in total. The van der Waals surface area contributed by atoms with Gasteiger partial charge in [-0.1, -0.05) is 48.1 Å². The first-order chi connectivity index (χ1) is 13.0. The van der Waals surface area contributed by atoms with Gasteiger partial charge in [0, 0.05) is 16.0 Å². The van der Waals surface area contributed by atoms with Gasteiger partial charge in [-0.2, -0.15) is 0 Å². The third kappa shape index (κ3) is 3.00. The molecule has 4 heteroatoms. The number of carbonyl (C=O) groups is 1. The quantitative estimate of drug-likeness (QED) is 0.620. The fourth-order valence-electron chi connectivity index (χ4n) is 3.75. The fourth-order valence-corrected chi connectivity index (χ4v) is 4.93. The molecule has 1 atom stereocenters. The molecule has 0 aliphatic heterocycles. The lowest BCUT2D eigenvalue weighted by Gasteiger charge is -2.18. The summed E-state index contributed by atoms with van der Waals surface area (Å²) in [5, 5.41) is 10.8. The lowest BCUT2D eigenvalue weighted by molar-refractivity contribution is -0.138. The molecule has 0 amide bonds. The van der Waals surface area contributed by atoms with E-state index in [1.54, 1.807) is 18.3 Å². The Morgan fingerprint density at radius 1 is 1.19 bits per heavy atom. The number of nitrogens with zero attached hydrogens (tertiary/aromatic N) is 1. The smallest absolute Gasteiger partial charge is 0.310 e. The first-order valence-electron chi connectivity index (χ1n) is 9.06. The minimum atomic E-state index is -0.825. The van der Waals surface area contributed by atoms with Crippen molar-refractivity contribution in [1.82, 2.24) is 4.98 Å². The van der Waals surface area contributed by atoms with Crippen molar-refractivity contribution in [3.63, 3.8) is 0 Å². The molecule has 0 radical (unpaired) electrons. The van der Waals surface area contributed by atoms with Crippen LogP contribution in [-0.2, 0) is 11.2 Å². The van der Waals surface area contributed by atoms with Crippen LogP contribution in [0.3, 0.4) is 0 Å². The average Bonchev–Trinajstić information content (AvgIpc) is 2.81. The lowest BCUT2D eigenvalue weighted by atomic mass is 9.87. The van der Waals surface area contributed by atoms with Gasteiger partial charge in [-0.15, -0.1) is 11.3 Å². The van der Waals surface area contributed by atoms with Crippen molar-refractivity contribution in [3.05, 3.63) is 69.8 Å². The molecule has 0 spiro atoms. The van der Waals surface area contributed by atoms with Gasteiger partial charge < -0.3 is 5.11 Å². The van der Waals surface area contributed by atoms with Gasteiger partial charge in [-0.25, -0.2) is 4.98 Å². The van der Waals surface area contributed by atoms with E-state index in [1.165, 1.54) is 16.0 Å². The molecule has 3 aromatic rings. The van der Waals surface area contributed by atoms with Crippen molar-refractivity contribution in [2.75, 3.05) is 0 Å². The maximum atomic E-state index is 11.9. The molecule has 0 saturated carbocycles. The summed E-state index contributed by atoms with van der Waals surface area (Å²) >= 11 is 1.68. The molecule has 27 heavy (non-hydrogen) atoms. The number of rotatable bonds is 3. The highest BCUT2D eigenvalue weighted by Gasteiger charge is 2.26. The number of aryl methyl sites for hydroxylation is 2. The van der Waals surface area contributed by atoms with Crippen molar-refractivity contribution in [1.29, 1.82) is 0 Å². The van der Waals surface area contributed by atoms with Crippen LogP contribution in [0.4, 0.5) is 0 Å². The minimum absolute atomic E-state index is 0.620. The number of benzene rings is 1. The van der Waals surface area contributed by atoms with E-state index in [-0.39, 0.29) is 0 Å². The SMILES string of the molecule is Cc1ccc(-c2c(C(C)C(=O)O)c(C)nc3sc4c(c23)CC=CC=C4)cc1. The summed E-state index contributed by atoms with van der Waals surface area (Å²) in [6, 6.07) is 8.34. The highest BCUT2D eigenvalue weighted by atomic mass is 32.1. The maximum Gasteiger partial charge on any atom is 0.310 e. The molecule has 1 aliphatic carbocycles. The molecular weight excluding hydrogens is 354 g/mol. The Hall–Kier alpha value is -2.72. The Morgan fingerprint density at radius 3 is 2.63 bits per heavy atom. The highest BCUT2D eigenvalue weighted by molar-refractivity contribution is 7.19. The predicted molar refractivity (Wildman–Crippen MR) is 112 cm³/mol. The normalized spacial score (nSPS) is 14.2. The van der Waals surface area contributed by atoms with Gasteiger partial charge in [0.25, 0.3) is 0 Å². The second kappa shape index (κ2) is 6.78. The van der Waals surface area contributed by atoms with Gasteiger partial charge in [0.2, 0.25) is 0 Å². The summed E-state index contributed by atoms with van der Waals surface area (Å²) in [5.41, 5.74) is 6.11. The van der Waals surface area contributed by atoms with Crippen LogP contribution in [0.15, 0.2) is 42.5 Å². The van der Waals surface area contributed by atoms with E-state index in [0.717, 1.165) is 39.0 Å². The van der Waals surface area contributed by atoms with Gasteiger partial charge >= 0.3 is 5.97 Å². The van der Waals surface area contributed by atoms with Crippen molar-refractivity contribution in [2.24, 2.45) is 0 Å². The number of aliphatic carboxylic acids is 1. The van der Waals surface area contributed by atoms with Crippen LogP contribution < -0.4 is 0 Å². The Labute approximate surface area is 162 Å². The Morgan fingerprint density at radius 2 is 1.93 bits per heavy atom. The fraction of sp³-hybridized carbons (Fsp3) is 0.217. The van der Waals surface area contributed by atoms with E-state index < -0.39 is 11.9 Å². The van der Waals surface area contributed by atoms with Gasteiger partial charge in [-0.3, -0.25) is 4.79 Å². The summed E-state index contributed by atoms with van der Waals surface area (Å²) in [7, 11) is 0. The topological polar surface area (TPSA) is 50.2 Å². The number of fused-ring (bicyclic) bond motifs is 3. The van der Waals surface area contributed by atoms with E-state index in [0.29, 0.717) is 0 Å². The largest absolute Gasteiger partial charge is 0.481 e. The number of thiophene rings is 1. The number of hydrogen-bond donors (Lipinski definition) is 1. The Kier molecular flexibility index (Phi) is 4.44. The standard InChI is InChI=1S/C23H21NO2S/c1-13-9-11-16(12-10-13)20-19(14(2)23(25)26)15(3)24-22-21(20)17-7-5-4-6-8-18(17)27-22/h4-6,8-12,14H,7H2,1-3H3,(H,25,26). The molecule has 0 saturated heterocycles. The second-order valence-electron chi connectivity index (χ2n) is 7.03. The Balaban J connectivity index is 2.14. The van der Waals surface area contributed by atoms with Crippen LogP contribution >= 0.6 is 11.3 Å². The first kappa shape index (κ1) is 17.7. The molecule has 1 aromatic carbocycles. The molecule has 0 bridgehead atoms. The van der Waals surface area contributed by atoms with Gasteiger partial charge in [0.15, 0.2) is 0 Å². The second-order valence-corrected chi connectivity index (χ2v) is 8.06. The van der Waals surface area contributed by atoms with Crippen LogP contribution in [0, 0.1) is 13.8 Å². The number of pyridine rings is 1. The van der Waals surface area contributed by atoms with Crippen LogP contribution in [0.1, 0.15) is 40.1 Å². The molecule has 0 fully saturated rings. The number of hydrogen-bond acceptors (Lipinski definition) is 3. The molecular formula is C23H21NO2S. The van der Waals surface area contributed by atoms with Gasteiger partial charge in [0.05, 0.1) is 5.92 Å². The van der Waals surface area contributed by atoms with Crippen molar-refractivity contribution < 1.29 is 9.90 Å². The third-order valence-electron chi connectivity index (χ3n) is 5.16. The van der Waals surface area contributed by atoms with Crippen LogP contribution in [0.25, 0.3) is 27.4 Å². The molecule has 2 aromatic heterocycles. The number of carboxylic acids is 1. The molecule has 2 heterocycles. The molecule has 1 unspecified atom stereocenters. The van der Waals surface area contributed by atoms with Gasteiger partial charge in [-0.05, 0) is 55.5 Å². The maximum absolute atomic E-state index is 11.9. The minimum Gasteiger partial charge on any atom is -0.481 e. The summed E-state index contributed by atoms with van der Waals surface area (Å²) in [6.45, 7) is 5.73. The van der Waals surface area contributed by atoms with Crippen molar-refractivity contribution >= 4 is 33.6 Å². The average molecular weight is 375 g/mol. The zero-order valence-corrected chi connectivity index (χ0v) is 16.4. The summed E-state index contributed by atoms with van der Waals surface area (Å²) in [4.78, 5) is 18.9. The Bertz CT molecular complexity index is 1100. The van der Waals surface area contributed by atoms with E-state index in [2.05, 4.69) is 55.5 Å². The number of aromatic nitrogens is 1. The molecule has 136 valence electrons. The first-order valence-corrected chi connectivity index (χ1v) is 9.88. The zero-order valence-electron chi connectivity index (χ0n) is 15.6. The molecule has 4 rings (SSSR count).